The molecule has 6 heteroatoms. The van der Waals surface area contributed by atoms with Crippen molar-refractivity contribution in [1.29, 1.82) is 0 Å². The van der Waals surface area contributed by atoms with Gasteiger partial charge in [-0.15, -0.1) is 0 Å². The van der Waals surface area contributed by atoms with Crippen LogP contribution >= 0.6 is 0 Å². The Morgan fingerprint density at radius 3 is 2.50 bits per heavy atom. The third kappa shape index (κ3) is 4.27. The molecule has 1 aromatic heterocycles. The molecule has 18 heavy (non-hydrogen) atoms. The van der Waals surface area contributed by atoms with Crippen molar-refractivity contribution in [1.82, 2.24) is 10.4 Å². The van der Waals surface area contributed by atoms with Gasteiger partial charge < -0.3 is 0 Å². The van der Waals surface area contributed by atoms with Crippen LogP contribution < -0.4 is 11.3 Å². The van der Waals surface area contributed by atoms with Crippen LogP contribution in [0, 0.1) is 0 Å². The lowest BCUT2D eigenvalue weighted by atomic mass is 10.0. The fraction of sp³-hybridized carbons (Fsp3) is 0.583. The monoisotopic (exact) mass is 261 g/mol. The highest BCUT2D eigenvalue weighted by Gasteiger charge is 2.30. The summed E-state index contributed by atoms with van der Waals surface area (Å²) >= 11 is 0. The summed E-state index contributed by atoms with van der Waals surface area (Å²) in [6.07, 6.45) is 0.381. The van der Waals surface area contributed by atoms with E-state index in [0.717, 1.165) is 37.9 Å². The molecule has 0 bridgehead atoms. The molecule has 1 heterocycles. The number of pyridine rings is 1. The van der Waals surface area contributed by atoms with Crippen LogP contribution in [0.2, 0.25) is 0 Å². The van der Waals surface area contributed by atoms with Crippen LogP contribution in [0.3, 0.4) is 0 Å². The first-order chi connectivity index (χ1) is 8.49. The fourth-order valence-corrected chi connectivity index (χ4v) is 1.69. The summed E-state index contributed by atoms with van der Waals surface area (Å²) in [7, 11) is 0. The summed E-state index contributed by atoms with van der Waals surface area (Å²) in [5, 5.41) is 0. The number of hydrogen-bond donors (Lipinski definition) is 2. The van der Waals surface area contributed by atoms with Gasteiger partial charge in [-0.25, -0.2) is 0 Å². The number of unbranched alkanes of at least 4 members (excludes halogenated alkanes) is 2. The molecule has 0 aromatic carbocycles. The van der Waals surface area contributed by atoms with Gasteiger partial charge in [-0.05, 0) is 18.6 Å². The van der Waals surface area contributed by atoms with Crippen molar-refractivity contribution in [2.75, 3.05) is 0 Å². The first-order valence-corrected chi connectivity index (χ1v) is 5.98. The normalized spacial score (nSPS) is 13.6. The predicted molar refractivity (Wildman–Crippen MR) is 63.4 cm³/mol. The van der Waals surface area contributed by atoms with E-state index in [9.17, 15) is 13.2 Å². The number of hydrogen-bond acceptors (Lipinski definition) is 3. The summed E-state index contributed by atoms with van der Waals surface area (Å²) in [6, 6.07) is 2.21. The topological polar surface area (TPSA) is 50.9 Å². The number of aromatic nitrogens is 1. The molecule has 0 amide bonds. The lowest BCUT2D eigenvalue weighted by molar-refractivity contribution is -0.137. The number of alkyl halides is 3. The molecular weight excluding hydrogens is 243 g/mol. The zero-order valence-electron chi connectivity index (χ0n) is 10.3. The van der Waals surface area contributed by atoms with Gasteiger partial charge in [0, 0.05) is 6.20 Å². The molecule has 3 nitrogen and oxygen atoms in total. The minimum atomic E-state index is -4.35. The van der Waals surface area contributed by atoms with Gasteiger partial charge in [-0.2, -0.15) is 13.2 Å². The molecular formula is C12H18F3N3. The Balaban J connectivity index is 2.69. The van der Waals surface area contributed by atoms with Gasteiger partial charge in [0.1, 0.15) is 0 Å². The summed E-state index contributed by atoms with van der Waals surface area (Å²) in [4.78, 5) is 3.83. The van der Waals surface area contributed by atoms with E-state index in [1.807, 2.05) is 0 Å². The Kier molecular flexibility index (Phi) is 5.55. The molecule has 1 aromatic rings. The summed E-state index contributed by atoms with van der Waals surface area (Å²) in [5.74, 6) is 5.40. The van der Waals surface area contributed by atoms with Gasteiger partial charge in [0.2, 0.25) is 0 Å². The minimum absolute atomic E-state index is 0.196. The molecule has 1 unspecified atom stereocenters. The quantitative estimate of drug-likeness (QED) is 0.470. The lowest BCUT2D eigenvalue weighted by Crippen LogP contribution is -2.28. The second kappa shape index (κ2) is 6.70. The van der Waals surface area contributed by atoms with Crippen LogP contribution in [-0.4, -0.2) is 4.98 Å². The first kappa shape index (κ1) is 14.9. The number of nitrogens with two attached hydrogens (primary N) is 1. The van der Waals surface area contributed by atoms with E-state index in [4.69, 9.17) is 5.84 Å². The van der Waals surface area contributed by atoms with Crippen molar-refractivity contribution in [3.63, 3.8) is 0 Å². The zero-order chi connectivity index (χ0) is 13.6. The zero-order valence-corrected chi connectivity index (χ0v) is 10.3. The molecule has 0 saturated carbocycles. The van der Waals surface area contributed by atoms with E-state index in [2.05, 4.69) is 17.3 Å². The average molecular weight is 261 g/mol. The van der Waals surface area contributed by atoms with E-state index >= 15 is 0 Å². The number of halogens is 3. The average Bonchev–Trinajstić information content (AvgIpc) is 2.34. The van der Waals surface area contributed by atoms with Crippen LogP contribution in [0.4, 0.5) is 13.2 Å². The number of hydrazine groups is 1. The van der Waals surface area contributed by atoms with Crippen LogP contribution in [0.25, 0.3) is 0 Å². The van der Waals surface area contributed by atoms with Gasteiger partial charge >= 0.3 is 6.18 Å². The molecule has 1 atom stereocenters. The predicted octanol–water partition coefficient (Wildman–Crippen LogP) is 3.19. The number of nitrogens with one attached hydrogen (secondary N) is 1. The largest absolute Gasteiger partial charge is 0.417 e. The SMILES string of the molecule is CCCCCC(NN)c1ccc(C(F)(F)F)cn1. The maximum Gasteiger partial charge on any atom is 0.417 e. The molecule has 0 aliphatic carbocycles. The van der Waals surface area contributed by atoms with E-state index in [1.165, 1.54) is 6.07 Å². The Labute approximate surface area is 105 Å². The van der Waals surface area contributed by atoms with E-state index in [-0.39, 0.29) is 6.04 Å². The molecule has 0 saturated heterocycles. The maximum absolute atomic E-state index is 12.4. The molecule has 3 N–H and O–H groups in total. The summed E-state index contributed by atoms with van der Waals surface area (Å²) in [6.45, 7) is 2.08. The molecule has 0 spiro atoms. The van der Waals surface area contributed by atoms with E-state index < -0.39 is 11.7 Å². The minimum Gasteiger partial charge on any atom is -0.271 e. The van der Waals surface area contributed by atoms with Crippen LogP contribution in [0.15, 0.2) is 18.3 Å². The van der Waals surface area contributed by atoms with E-state index in [1.54, 1.807) is 0 Å². The number of nitrogens with zero attached hydrogens (tertiary/aromatic N) is 1. The Hall–Kier alpha value is -1.14. The standard InChI is InChI=1S/C12H18F3N3/c1-2-3-4-5-11(18-16)10-7-6-9(8-17-10)12(13,14)15/h6-8,11,18H,2-5,16H2,1H3. The summed E-state index contributed by atoms with van der Waals surface area (Å²) < 4.78 is 37.1. The molecule has 102 valence electrons. The van der Waals surface area contributed by atoms with Gasteiger partial charge in [-0.3, -0.25) is 16.3 Å². The van der Waals surface area contributed by atoms with Crippen LogP contribution in [0.5, 0.6) is 0 Å². The number of rotatable bonds is 6. The fourth-order valence-electron chi connectivity index (χ4n) is 1.69. The van der Waals surface area contributed by atoms with Gasteiger partial charge in [0.25, 0.3) is 0 Å². The van der Waals surface area contributed by atoms with Crippen LogP contribution in [-0.2, 0) is 6.18 Å². The van der Waals surface area contributed by atoms with Crippen molar-refractivity contribution in [2.24, 2.45) is 5.84 Å². The Morgan fingerprint density at radius 1 is 1.33 bits per heavy atom. The molecule has 0 aliphatic heterocycles. The van der Waals surface area contributed by atoms with Crippen molar-refractivity contribution in [2.45, 2.75) is 44.8 Å². The van der Waals surface area contributed by atoms with Crippen molar-refractivity contribution in [3.05, 3.63) is 29.6 Å². The second-order valence-corrected chi connectivity index (χ2v) is 4.18. The third-order valence-corrected chi connectivity index (χ3v) is 2.77. The molecule has 0 radical (unpaired) electrons. The molecule has 0 fully saturated rings. The third-order valence-electron chi connectivity index (χ3n) is 2.77. The van der Waals surface area contributed by atoms with Crippen molar-refractivity contribution >= 4 is 0 Å². The summed E-state index contributed by atoms with van der Waals surface area (Å²) in [5.41, 5.74) is 2.39. The highest BCUT2D eigenvalue weighted by Crippen LogP contribution is 2.29. The lowest BCUT2D eigenvalue weighted by Gasteiger charge is -2.15. The second-order valence-electron chi connectivity index (χ2n) is 4.18. The smallest absolute Gasteiger partial charge is 0.271 e. The molecule has 0 aliphatic rings. The van der Waals surface area contributed by atoms with Gasteiger partial charge in [0.15, 0.2) is 0 Å². The highest BCUT2D eigenvalue weighted by atomic mass is 19.4. The Morgan fingerprint density at radius 2 is 2.06 bits per heavy atom. The maximum atomic E-state index is 12.4. The van der Waals surface area contributed by atoms with Crippen molar-refractivity contribution < 1.29 is 13.2 Å². The van der Waals surface area contributed by atoms with Gasteiger partial charge in [0.05, 0.1) is 17.3 Å². The first-order valence-electron chi connectivity index (χ1n) is 5.98. The van der Waals surface area contributed by atoms with Crippen LogP contribution in [0.1, 0.15) is 49.9 Å². The molecule has 1 rings (SSSR count). The highest BCUT2D eigenvalue weighted by molar-refractivity contribution is 5.18. The Bertz CT molecular complexity index is 349. The van der Waals surface area contributed by atoms with E-state index in [0.29, 0.717) is 5.69 Å². The van der Waals surface area contributed by atoms with Crippen molar-refractivity contribution in [3.8, 4) is 0 Å². The van der Waals surface area contributed by atoms with Gasteiger partial charge in [-0.1, -0.05) is 26.2 Å².